The Balaban J connectivity index is 4.68. The molecule has 0 rings (SSSR count). The normalized spacial score (nSPS) is 13.6. The van der Waals surface area contributed by atoms with E-state index in [1.165, 1.54) is 0 Å². The SMILES string of the molecule is CCN(CC)S(=O)(=O)CP(=O)(O)O. The molecule has 0 bridgehead atoms. The third-order valence-corrected chi connectivity index (χ3v) is 5.38. The lowest BCUT2D eigenvalue weighted by molar-refractivity contribution is 0.375. The second kappa shape index (κ2) is 4.52. The van der Waals surface area contributed by atoms with Crippen molar-refractivity contribution in [3.63, 3.8) is 0 Å². The highest BCUT2D eigenvalue weighted by Crippen LogP contribution is 2.36. The molecule has 0 aromatic rings. The van der Waals surface area contributed by atoms with Gasteiger partial charge in [0.2, 0.25) is 10.0 Å². The Kier molecular flexibility index (Phi) is 4.54. The monoisotopic (exact) mass is 231 g/mol. The predicted octanol–water partition coefficient (Wildman–Crippen LogP) is -0.207. The minimum Gasteiger partial charge on any atom is -0.324 e. The van der Waals surface area contributed by atoms with Gasteiger partial charge < -0.3 is 9.79 Å². The lowest BCUT2D eigenvalue weighted by Crippen LogP contribution is -2.32. The zero-order chi connectivity index (χ0) is 10.7. The van der Waals surface area contributed by atoms with Gasteiger partial charge >= 0.3 is 7.60 Å². The molecule has 0 spiro atoms. The minimum absolute atomic E-state index is 0.221. The van der Waals surface area contributed by atoms with Crippen LogP contribution in [-0.4, -0.2) is 41.1 Å². The number of nitrogens with zero attached hydrogens (tertiary/aromatic N) is 1. The van der Waals surface area contributed by atoms with Gasteiger partial charge in [-0.25, -0.2) is 12.7 Å². The third kappa shape index (κ3) is 4.73. The molecule has 0 heterocycles. The van der Waals surface area contributed by atoms with Gasteiger partial charge in [0.1, 0.15) is 0 Å². The van der Waals surface area contributed by atoms with Crippen molar-refractivity contribution in [1.82, 2.24) is 4.31 Å². The van der Waals surface area contributed by atoms with Crippen LogP contribution in [0.3, 0.4) is 0 Å². The van der Waals surface area contributed by atoms with Crippen molar-refractivity contribution in [2.75, 3.05) is 18.6 Å². The molecule has 0 unspecified atom stereocenters. The molecule has 0 aromatic heterocycles. The zero-order valence-electron chi connectivity index (χ0n) is 7.54. The maximum absolute atomic E-state index is 11.2. The molecule has 6 nitrogen and oxygen atoms in total. The molecule has 2 N–H and O–H groups in total. The molecule has 0 radical (unpaired) electrons. The van der Waals surface area contributed by atoms with Crippen LogP contribution < -0.4 is 0 Å². The van der Waals surface area contributed by atoms with Gasteiger partial charge in [-0.3, -0.25) is 4.57 Å². The van der Waals surface area contributed by atoms with E-state index in [1.54, 1.807) is 13.8 Å². The summed E-state index contributed by atoms with van der Waals surface area (Å²) in [5.74, 6) is 0. The van der Waals surface area contributed by atoms with Crippen molar-refractivity contribution in [2.24, 2.45) is 0 Å². The molecule has 80 valence electrons. The Labute approximate surface area is 77.8 Å². The topological polar surface area (TPSA) is 94.9 Å². The Morgan fingerprint density at radius 3 is 1.85 bits per heavy atom. The van der Waals surface area contributed by atoms with Crippen LogP contribution in [0.2, 0.25) is 0 Å². The number of rotatable bonds is 5. The van der Waals surface area contributed by atoms with Crippen molar-refractivity contribution in [3.8, 4) is 0 Å². The molecule has 0 saturated heterocycles. The van der Waals surface area contributed by atoms with Crippen LogP contribution in [0.25, 0.3) is 0 Å². The van der Waals surface area contributed by atoms with Crippen molar-refractivity contribution in [1.29, 1.82) is 0 Å². The summed E-state index contributed by atoms with van der Waals surface area (Å²) < 4.78 is 34.0. The van der Waals surface area contributed by atoms with Crippen LogP contribution in [0.1, 0.15) is 13.8 Å². The van der Waals surface area contributed by atoms with E-state index in [1.807, 2.05) is 0 Å². The third-order valence-electron chi connectivity index (χ3n) is 1.43. The first-order valence-corrected chi connectivity index (χ1v) is 7.16. The molecule has 0 aliphatic carbocycles. The molecule has 0 aliphatic heterocycles. The molecule has 0 saturated carbocycles. The Bertz CT molecular complexity index is 290. The highest BCUT2D eigenvalue weighted by atomic mass is 32.2. The first-order valence-electron chi connectivity index (χ1n) is 3.75. The zero-order valence-corrected chi connectivity index (χ0v) is 9.25. The molecular formula is C5H14NO5PS. The number of sulfonamides is 1. The van der Waals surface area contributed by atoms with Gasteiger partial charge in [0.05, 0.1) is 0 Å². The molecule has 0 atom stereocenters. The lowest BCUT2D eigenvalue weighted by Gasteiger charge is -2.18. The summed E-state index contributed by atoms with van der Waals surface area (Å²) in [6.07, 6.45) is 0. The van der Waals surface area contributed by atoms with E-state index in [2.05, 4.69) is 0 Å². The number of hydrogen-bond donors (Lipinski definition) is 2. The molecule has 0 amide bonds. The van der Waals surface area contributed by atoms with Gasteiger partial charge in [-0.05, 0) is 0 Å². The summed E-state index contributed by atoms with van der Waals surface area (Å²) in [6, 6.07) is 0. The van der Waals surface area contributed by atoms with Crippen molar-refractivity contribution in [3.05, 3.63) is 0 Å². The molecule has 8 heteroatoms. The summed E-state index contributed by atoms with van der Waals surface area (Å²) in [6.45, 7) is 3.67. The summed E-state index contributed by atoms with van der Waals surface area (Å²) in [4.78, 5) is 17.0. The lowest BCUT2D eigenvalue weighted by atomic mass is 10.7. The summed E-state index contributed by atoms with van der Waals surface area (Å²) >= 11 is 0. The first kappa shape index (κ1) is 13.1. The molecular weight excluding hydrogens is 217 g/mol. The minimum atomic E-state index is -4.50. The summed E-state index contributed by atoms with van der Waals surface area (Å²) in [7, 11) is -8.31. The van der Waals surface area contributed by atoms with Crippen LogP contribution in [0.15, 0.2) is 0 Å². The average molecular weight is 231 g/mol. The molecule has 13 heavy (non-hydrogen) atoms. The molecule has 0 aliphatic rings. The van der Waals surface area contributed by atoms with Crippen molar-refractivity contribution < 1.29 is 22.8 Å². The van der Waals surface area contributed by atoms with E-state index in [4.69, 9.17) is 9.79 Å². The van der Waals surface area contributed by atoms with Gasteiger partial charge in [0, 0.05) is 13.1 Å². The molecule has 0 fully saturated rings. The molecule has 0 aromatic carbocycles. The summed E-state index contributed by atoms with van der Waals surface area (Å²) in [5, 5.41) is 0. The Morgan fingerprint density at radius 2 is 1.62 bits per heavy atom. The van der Waals surface area contributed by atoms with Crippen molar-refractivity contribution >= 4 is 17.6 Å². The predicted molar refractivity (Wildman–Crippen MR) is 48.8 cm³/mol. The van der Waals surface area contributed by atoms with E-state index >= 15 is 0 Å². The van der Waals surface area contributed by atoms with Crippen LogP contribution >= 0.6 is 7.60 Å². The van der Waals surface area contributed by atoms with E-state index in [0.717, 1.165) is 4.31 Å². The maximum Gasteiger partial charge on any atom is 0.341 e. The van der Waals surface area contributed by atoms with Gasteiger partial charge in [0.25, 0.3) is 0 Å². The second-order valence-corrected chi connectivity index (χ2v) is 6.53. The van der Waals surface area contributed by atoms with Gasteiger partial charge in [0.15, 0.2) is 5.49 Å². The van der Waals surface area contributed by atoms with Crippen molar-refractivity contribution in [2.45, 2.75) is 13.8 Å². The van der Waals surface area contributed by atoms with E-state index < -0.39 is 23.1 Å². The highest BCUT2D eigenvalue weighted by Gasteiger charge is 2.28. The Morgan fingerprint density at radius 1 is 1.23 bits per heavy atom. The standard InChI is InChI=1S/C5H14NO5PS/c1-3-6(4-2)13(10,11)5-12(7,8)9/h3-5H2,1-2H3,(H2,7,8,9). The van der Waals surface area contributed by atoms with Crippen LogP contribution in [0.4, 0.5) is 0 Å². The maximum atomic E-state index is 11.2. The quantitative estimate of drug-likeness (QED) is 0.638. The van der Waals surface area contributed by atoms with E-state index in [-0.39, 0.29) is 13.1 Å². The largest absolute Gasteiger partial charge is 0.341 e. The van der Waals surface area contributed by atoms with Crippen LogP contribution in [0, 0.1) is 0 Å². The fourth-order valence-corrected chi connectivity index (χ4v) is 4.05. The first-order chi connectivity index (χ1) is 5.73. The van der Waals surface area contributed by atoms with E-state index in [0.29, 0.717) is 0 Å². The summed E-state index contributed by atoms with van der Waals surface area (Å²) in [5.41, 5.74) is -1.11. The highest BCUT2D eigenvalue weighted by molar-refractivity contribution is 7.95. The second-order valence-electron chi connectivity index (χ2n) is 2.49. The number of hydrogen-bond acceptors (Lipinski definition) is 3. The van der Waals surface area contributed by atoms with Gasteiger partial charge in [-0.2, -0.15) is 0 Å². The average Bonchev–Trinajstić information content (AvgIpc) is 1.83. The van der Waals surface area contributed by atoms with Gasteiger partial charge in [-0.15, -0.1) is 0 Å². The van der Waals surface area contributed by atoms with Gasteiger partial charge in [-0.1, -0.05) is 13.8 Å². The van der Waals surface area contributed by atoms with E-state index in [9.17, 15) is 13.0 Å². The fraction of sp³-hybridized carbons (Fsp3) is 1.00. The fourth-order valence-electron chi connectivity index (χ4n) is 0.911. The smallest absolute Gasteiger partial charge is 0.324 e. The Hall–Kier alpha value is 0.0600. The van der Waals surface area contributed by atoms with Crippen LogP contribution in [-0.2, 0) is 14.6 Å². The van der Waals surface area contributed by atoms with Crippen LogP contribution in [0.5, 0.6) is 0 Å².